The number of hydrogen-bond acceptors (Lipinski definition) is 13. The summed E-state index contributed by atoms with van der Waals surface area (Å²) >= 11 is 5.78. The van der Waals surface area contributed by atoms with E-state index in [4.69, 9.17) is 53.0 Å². The van der Waals surface area contributed by atoms with Crippen molar-refractivity contribution in [3.8, 4) is 0 Å². The van der Waals surface area contributed by atoms with Crippen LogP contribution in [-0.4, -0.2) is 137 Å². The Morgan fingerprint density at radius 1 is 0.500 bits per heavy atom. The Balaban J connectivity index is 0.000000230. The SMILES string of the molecule is COC(=O)c1oc2ccc(C(F)(F)F)cc2c1CCC(F)(F)C1COC(CO[Si](c2ccccc2)(c2ccccc2)C(C)(C)C)CO1.COC(=O)c1oc2ccc(C(F)(F)F)cc2c1N(CC(F)(F)C1COC(CO[Si](c2ccccc2)(c2ccccc2)C(C)(C)C)CO1)C(=O)CCl. The van der Waals surface area contributed by atoms with Gasteiger partial charge in [-0.3, -0.25) is 4.79 Å². The highest BCUT2D eigenvalue weighted by molar-refractivity contribution is 7.00. The number of rotatable bonds is 21. The summed E-state index contributed by atoms with van der Waals surface area (Å²) in [4.78, 5) is 38.5. The smallest absolute Gasteiger partial charge is 0.416 e. The number of halogens is 11. The van der Waals surface area contributed by atoms with Gasteiger partial charge in [-0.05, 0) is 73.6 Å². The zero-order chi connectivity index (χ0) is 71.2. The van der Waals surface area contributed by atoms with Crippen molar-refractivity contribution in [2.24, 2.45) is 0 Å². The maximum absolute atomic E-state index is 16.0. The Bertz CT molecular complexity index is 3920. The van der Waals surface area contributed by atoms with Crippen LogP contribution in [0.25, 0.3) is 21.9 Å². The first-order chi connectivity index (χ1) is 46.2. The summed E-state index contributed by atoms with van der Waals surface area (Å²) in [6.07, 6.45) is -15.6. The molecule has 2 aliphatic heterocycles. The minimum Gasteiger partial charge on any atom is -0.463 e. The molecule has 14 nitrogen and oxygen atoms in total. The first kappa shape index (κ1) is 74.8. The van der Waals surface area contributed by atoms with Crippen LogP contribution in [0.3, 0.4) is 0 Å². The molecule has 2 aliphatic rings. The van der Waals surface area contributed by atoms with E-state index >= 15 is 17.6 Å². The van der Waals surface area contributed by atoms with E-state index in [0.29, 0.717) is 17.0 Å². The summed E-state index contributed by atoms with van der Waals surface area (Å²) < 4.78 is 201. The van der Waals surface area contributed by atoms with Gasteiger partial charge in [0.15, 0.2) is 0 Å². The van der Waals surface area contributed by atoms with E-state index in [0.717, 1.165) is 59.2 Å². The van der Waals surface area contributed by atoms with Gasteiger partial charge in [-0.15, -0.1) is 11.6 Å². The molecule has 98 heavy (non-hydrogen) atoms. The van der Waals surface area contributed by atoms with E-state index in [1.807, 2.05) is 97.1 Å². The van der Waals surface area contributed by atoms with Gasteiger partial charge in [0.05, 0.1) is 71.5 Å². The Morgan fingerprint density at radius 3 is 1.24 bits per heavy atom. The van der Waals surface area contributed by atoms with Crippen molar-refractivity contribution in [2.75, 3.05) is 71.2 Å². The summed E-state index contributed by atoms with van der Waals surface area (Å²) in [5.41, 5.74) is -3.19. The van der Waals surface area contributed by atoms with E-state index in [1.54, 1.807) is 0 Å². The van der Waals surface area contributed by atoms with E-state index in [1.165, 1.54) is 0 Å². The molecule has 6 aromatic carbocycles. The van der Waals surface area contributed by atoms with Crippen molar-refractivity contribution < 1.29 is 104 Å². The second-order valence-corrected chi connectivity index (χ2v) is 34.6. The molecule has 10 rings (SSSR count). The molecule has 1 amide bonds. The van der Waals surface area contributed by atoms with Gasteiger partial charge in [0.1, 0.15) is 47.1 Å². The number of carbonyl (C=O) groups excluding carboxylic acids is 3. The Kier molecular flexibility index (Phi) is 23.1. The van der Waals surface area contributed by atoms with Gasteiger partial charge in [-0.1, -0.05) is 163 Å². The lowest BCUT2D eigenvalue weighted by Gasteiger charge is -2.44. The van der Waals surface area contributed by atoms with Crippen molar-refractivity contribution in [3.05, 3.63) is 186 Å². The quantitative estimate of drug-likeness (QED) is 0.0290. The number of hydrogen-bond donors (Lipinski definition) is 0. The highest BCUT2D eigenvalue weighted by Crippen LogP contribution is 2.44. The first-order valence-electron chi connectivity index (χ1n) is 31.2. The predicted octanol–water partition coefficient (Wildman–Crippen LogP) is 14.0. The third-order valence-electron chi connectivity index (χ3n) is 17.3. The van der Waals surface area contributed by atoms with Crippen LogP contribution in [0.1, 0.15) is 85.8 Å². The van der Waals surface area contributed by atoms with Crippen molar-refractivity contribution in [1.29, 1.82) is 0 Å². The lowest BCUT2D eigenvalue weighted by Crippen LogP contribution is -2.67. The van der Waals surface area contributed by atoms with E-state index in [2.05, 4.69) is 70.5 Å². The molecule has 2 saturated heterocycles. The van der Waals surface area contributed by atoms with Crippen LogP contribution in [0.4, 0.5) is 49.6 Å². The van der Waals surface area contributed by atoms with Gasteiger partial charge in [0.2, 0.25) is 17.4 Å². The lowest BCUT2D eigenvalue weighted by atomic mass is 9.98. The molecule has 2 aromatic heterocycles. The normalized spacial score (nSPS) is 17.7. The van der Waals surface area contributed by atoms with Crippen LogP contribution in [0.15, 0.2) is 167 Å². The number of methoxy groups -OCH3 is 2. The lowest BCUT2D eigenvalue weighted by molar-refractivity contribution is -0.221. The fourth-order valence-corrected chi connectivity index (χ4v) is 21.8. The maximum atomic E-state index is 16.0. The summed E-state index contributed by atoms with van der Waals surface area (Å²) in [7, 11) is -3.83. The van der Waals surface area contributed by atoms with Gasteiger partial charge in [0, 0.05) is 22.8 Å². The number of amides is 1. The number of aryl methyl sites for hydroxylation is 1. The van der Waals surface area contributed by atoms with Crippen LogP contribution in [0.2, 0.25) is 10.1 Å². The van der Waals surface area contributed by atoms with Crippen molar-refractivity contribution >= 4 is 94.5 Å². The molecule has 4 atom stereocenters. The highest BCUT2D eigenvalue weighted by Gasteiger charge is 2.54. The van der Waals surface area contributed by atoms with Gasteiger partial charge in [-0.2, -0.15) is 26.3 Å². The molecule has 8 aromatic rings. The molecule has 0 bridgehead atoms. The Hall–Kier alpha value is -7.41. The highest BCUT2D eigenvalue weighted by atomic mass is 35.5. The molecule has 0 aliphatic carbocycles. The predicted molar refractivity (Wildman–Crippen MR) is 353 cm³/mol. The minimum absolute atomic E-state index is 0.0352. The Morgan fingerprint density at radius 2 is 0.878 bits per heavy atom. The van der Waals surface area contributed by atoms with Gasteiger partial charge in [-0.25, -0.2) is 27.2 Å². The number of fused-ring (bicyclic) bond motifs is 2. The molecule has 526 valence electrons. The number of anilines is 1. The molecule has 4 heterocycles. The molecular weight excluding hydrogens is 1360 g/mol. The molecule has 2 fully saturated rings. The first-order valence-corrected chi connectivity index (χ1v) is 35.6. The van der Waals surface area contributed by atoms with Gasteiger partial charge < -0.3 is 51.0 Å². The van der Waals surface area contributed by atoms with Crippen molar-refractivity contribution in [1.82, 2.24) is 0 Å². The number of esters is 2. The average Bonchev–Trinajstić information content (AvgIpc) is 1.46. The molecule has 0 N–H and O–H groups in total. The molecule has 0 radical (unpaired) electrons. The summed E-state index contributed by atoms with van der Waals surface area (Å²) in [5.74, 6) is -12.6. The zero-order valence-corrected chi connectivity index (χ0v) is 57.6. The third kappa shape index (κ3) is 16.1. The van der Waals surface area contributed by atoms with Crippen LogP contribution in [0, 0.1) is 0 Å². The van der Waals surface area contributed by atoms with Crippen molar-refractivity contribution in [3.63, 3.8) is 0 Å². The van der Waals surface area contributed by atoms with Gasteiger partial charge in [0.25, 0.3) is 28.5 Å². The maximum Gasteiger partial charge on any atom is 0.416 e. The third-order valence-corrected chi connectivity index (χ3v) is 27.5. The molecular formula is C71H74ClF10NO13Si2. The number of nitrogens with zero attached hydrogens (tertiary/aromatic N) is 1. The van der Waals surface area contributed by atoms with Crippen LogP contribution in [-0.2, 0) is 60.8 Å². The van der Waals surface area contributed by atoms with Crippen LogP contribution >= 0.6 is 11.6 Å². The monoisotopic (exact) mass is 1430 g/mol. The second-order valence-electron chi connectivity index (χ2n) is 25.7. The molecule has 0 spiro atoms. The van der Waals surface area contributed by atoms with E-state index in [9.17, 15) is 40.7 Å². The molecule has 27 heteroatoms. The summed E-state index contributed by atoms with van der Waals surface area (Å²) in [5, 5.41) is 3.05. The van der Waals surface area contributed by atoms with E-state index < -0.39 is 155 Å². The average molecular weight is 1430 g/mol. The minimum atomic E-state index is -4.83. The van der Waals surface area contributed by atoms with Crippen LogP contribution < -0.4 is 25.6 Å². The fourth-order valence-electron chi connectivity index (χ4n) is 12.4. The largest absolute Gasteiger partial charge is 0.463 e. The summed E-state index contributed by atoms with van der Waals surface area (Å²) in [6.45, 7) is 9.98. The number of alkyl halides is 11. The van der Waals surface area contributed by atoms with Crippen molar-refractivity contribution in [2.45, 2.75) is 113 Å². The number of carbonyl (C=O) groups is 3. The zero-order valence-electron chi connectivity index (χ0n) is 54.8. The fraction of sp³-hybridized carbons (Fsp3) is 0.394. The topological polar surface area (TPSA) is 155 Å². The van der Waals surface area contributed by atoms with Crippen LogP contribution in [0.5, 0.6) is 0 Å². The standard InChI is InChI=1S/C36H37ClF5NO7Si.C35H37F5O6Si/c1-34(2,3)51(25-11-7-5-8-12-25,26-13-9-6-10-14-26)49-20-24-19-48-29(21-47-24)35(38,39)22-43(30(44)18-37)31-27-17-23(36(40,41)42)15-16-28(27)50-32(31)33(45)46-4;1-33(2,3)47(25-11-7-5-8-12-25,26-13-9-6-10-14-26)45-21-24-20-44-30(22-43-24)34(36,37)18-17-27-28-19-23(35(38,39)40)15-16-29(28)46-31(27)32(41)42-4/h5-17,24,29H,18-22H2,1-4H3;5-16,19,24,30H,17-18,20-22H2,1-4H3. The van der Waals surface area contributed by atoms with E-state index in [-0.39, 0.29) is 58.6 Å². The number of benzene rings is 6. The molecule has 0 saturated carbocycles. The van der Waals surface area contributed by atoms with Gasteiger partial charge >= 0.3 is 24.3 Å². The summed E-state index contributed by atoms with van der Waals surface area (Å²) in [6, 6.07) is 44.5. The number of ether oxygens (including phenoxy) is 6. The number of furan rings is 2. The Labute approximate surface area is 566 Å². The second kappa shape index (κ2) is 30.2. The molecule has 4 unspecified atom stereocenters.